The Hall–Kier alpha value is -1.92. The van der Waals surface area contributed by atoms with E-state index in [1.807, 2.05) is 0 Å². The van der Waals surface area contributed by atoms with Crippen LogP contribution in [-0.4, -0.2) is 40.8 Å². The fraction of sp³-hybridized carbons (Fsp3) is 0.375. The lowest BCUT2D eigenvalue weighted by molar-refractivity contribution is -0.135. The Morgan fingerprint density at radius 1 is 1.43 bits per heavy atom. The minimum atomic E-state index is -0.486. The van der Waals surface area contributed by atoms with Gasteiger partial charge in [-0.15, -0.1) is 0 Å². The van der Waals surface area contributed by atoms with Crippen molar-refractivity contribution < 1.29 is 13.9 Å². The van der Waals surface area contributed by atoms with Gasteiger partial charge in [-0.2, -0.15) is 5.10 Å². The molecule has 1 aromatic heterocycles. The highest BCUT2D eigenvalue weighted by atomic mass is 35.5. The number of aromatic nitrogens is 2. The molecule has 0 saturated carbocycles. The third-order valence-electron chi connectivity index (χ3n) is 3.49. The van der Waals surface area contributed by atoms with E-state index in [1.165, 1.54) is 23.0 Å². The number of benzene rings is 1. The third-order valence-corrected chi connectivity index (χ3v) is 3.68. The number of hydrogen-bond acceptors (Lipinski definition) is 3. The van der Waals surface area contributed by atoms with Crippen molar-refractivity contribution in [2.45, 2.75) is 19.5 Å². The smallest absolute Gasteiger partial charge is 0.247 e. The molecule has 2 aromatic rings. The molecular weight excluding hydrogens is 321 g/mol. The number of carbonyl (C=O) groups is 1. The van der Waals surface area contributed by atoms with Crippen LogP contribution in [0.2, 0.25) is 5.02 Å². The van der Waals surface area contributed by atoms with Gasteiger partial charge in [0.1, 0.15) is 11.9 Å². The minimum Gasteiger partial charge on any atom is -0.383 e. The van der Waals surface area contributed by atoms with Crippen LogP contribution in [0.3, 0.4) is 0 Å². The molecule has 0 N–H and O–H groups in total. The first-order valence-corrected chi connectivity index (χ1v) is 7.61. The summed E-state index contributed by atoms with van der Waals surface area (Å²) < 4.78 is 19.6. The van der Waals surface area contributed by atoms with Gasteiger partial charge in [0.05, 0.1) is 17.8 Å². The number of rotatable bonds is 7. The standard InChI is InChI=1S/C16H19ClFN3O2/c1-12(21-11-14(17)9-19-21)16(22)20(7-8-23-2)10-13-3-5-15(18)6-4-13/h3-6,9,11-12H,7-8,10H2,1-2H3/t12-/m1/s1. The largest absolute Gasteiger partial charge is 0.383 e. The second-order valence-electron chi connectivity index (χ2n) is 5.19. The Morgan fingerprint density at radius 3 is 2.70 bits per heavy atom. The maximum Gasteiger partial charge on any atom is 0.247 e. The zero-order valence-corrected chi connectivity index (χ0v) is 13.8. The molecule has 1 atom stereocenters. The first kappa shape index (κ1) is 17.4. The van der Waals surface area contributed by atoms with E-state index in [-0.39, 0.29) is 11.7 Å². The fourth-order valence-electron chi connectivity index (χ4n) is 2.18. The van der Waals surface area contributed by atoms with Gasteiger partial charge in [0.25, 0.3) is 0 Å². The number of hydrogen-bond donors (Lipinski definition) is 0. The highest BCUT2D eigenvalue weighted by Gasteiger charge is 2.22. The number of methoxy groups -OCH3 is 1. The van der Waals surface area contributed by atoms with Crippen LogP contribution in [0.1, 0.15) is 18.5 Å². The highest BCUT2D eigenvalue weighted by molar-refractivity contribution is 6.30. The summed E-state index contributed by atoms with van der Waals surface area (Å²) in [6.07, 6.45) is 3.10. The Kier molecular flexibility index (Phi) is 6.12. The summed E-state index contributed by atoms with van der Waals surface area (Å²) in [6.45, 7) is 2.99. The highest BCUT2D eigenvalue weighted by Crippen LogP contribution is 2.15. The molecule has 7 heteroatoms. The predicted molar refractivity (Wildman–Crippen MR) is 85.6 cm³/mol. The summed E-state index contributed by atoms with van der Waals surface area (Å²) in [5, 5.41) is 4.55. The van der Waals surface area contributed by atoms with Crippen molar-refractivity contribution in [2.24, 2.45) is 0 Å². The van der Waals surface area contributed by atoms with E-state index < -0.39 is 6.04 Å². The number of halogens is 2. The van der Waals surface area contributed by atoms with Crippen molar-refractivity contribution in [1.82, 2.24) is 14.7 Å². The van der Waals surface area contributed by atoms with Gasteiger partial charge in [0, 0.05) is 26.4 Å². The number of nitrogens with zero attached hydrogens (tertiary/aromatic N) is 3. The van der Waals surface area contributed by atoms with Gasteiger partial charge in [-0.05, 0) is 24.6 Å². The van der Waals surface area contributed by atoms with Gasteiger partial charge < -0.3 is 9.64 Å². The molecule has 0 aliphatic carbocycles. The first-order chi connectivity index (χ1) is 11.0. The summed E-state index contributed by atoms with van der Waals surface area (Å²) in [4.78, 5) is 14.4. The molecule has 0 aliphatic rings. The molecule has 1 amide bonds. The third kappa shape index (κ3) is 4.77. The number of carbonyl (C=O) groups excluding carboxylic acids is 1. The van der Waals surface area contributed by atoms with Crippen molar-refractivity contribution in [1.29, 1.82) is 0 Å². The SMILES string of the molecule is COCCN(Cc1ccc(F)cc1)C(=O)[C@@H](C)n1cc(Cl)cn1. The van der Waals surface area contributed by atoms with Gasteiger partial charge in [0.15, 0.2) is 0 Å². The van der Waals surface area contributed by atoms with E-state index in [0.717, 1.165) is 5.56 Å². The van der Waals surface area contributed by atoms with Crippen LogP contribution in [0.15, 0.2) is 36.7 Å². The summed E-state index contributed by atoms with van der Waals surface area (Å²) in [7, 11) is 1.58. The predicted octanol–water partition coefficient (Wildman–Crippen LogP) is 2.91. The van der Waals surface area contributed by atoms with E-state index in [9.17, 15) is 9.18 Å². The van der Waals surface area contributed by atoms with Crippen molar-refractivity contribution in [3.05, 3.63) is 53.1 Å². The monoisotopic (exact) mass is 339 g/mol. The summed E-state index contributed by atoms with van der Waals surface area (Å²) in [6, 6.07) is 5.60. The van der Waals surface area contributed by atoms with Crippen LogP contribution in [0.25, 0.3) is 0 Å². The zero-order valence-electron chi connectivity index (χ0n) is 13.1. The van der Waals surface area contributed by atoms with E-state index in [1.54, 1.807) is 37.3 Å². The van der Waals surface area contributed by atoms with Gasteiger partial charge >= 0.3 is 0 Å². The Morgan fingerprint density at radius 2 is 2.13 bits per heavy atom. The molecule has 23 heavy (non-hydrogen) atoms. The minimum absolute atomic E-state index is 0.105. The van der Waals surface area contributed by atoms with E-state index in [0.29, 0.717) is 24.7 Å². The van der Waals surface area contributed by atoms with E-state index in [4.69, 9.17) is 16.3 Å². The normalized spacial score (nSPS) is 12.2. The van der Waals surface area contributed by atoms with Crippen molar-refractivity contribution in [3.63, 3.8) is 0 Å². The van der Waals surface area contributed by atoms with Crippen LogP contribution < -0.4 is 0 Å². The average Bonchev–Trinajstić information content (AvgIpc) is 2.98. The topological polar surface area (TPSA) is 47.4 Å². The fourth-order valence-corrected chi connectivity index (χ4v) is 2.33. The summed E-state index contributed by atoms with van der Waals surface area (Å²) in [5.41, 5.74) is 0.849. The summed E-state index contributed by atoms with van der Waals surface area (Å²) in [5.74, 6) is -0.408. The average molecular weight is 340 g/mol. The lowest BCUT2D eigenvalue weighted by Gasteiger charge is -2.26. The van der Waals surface area contributed by atoms with E-state index in [2.05, 4.69) is 5.10 Å². The van der Waals surface area contributed by atoms with Gasteiger partial charge in [0.2, 0.25) is 5.91 Å². The molecule has 0 aliphatic heterocycles. The second-order valence-corrected chi connectivity index (χ2v) is 5.63. The molecule has 0 radical (unpaired) electrons. The number of ether oxygens (including phenoxy) is 1. The molecule has 1 aromatic carbocycles. The molecule has 0 unspecified atom stereocenters. The van der Waals surface area contributed by atoms with Crippen LogP contribution in [0, 0.1) is 5.82 Å². The molecule has 0 spiro atoms. The van der Waals surface area contributed by atoms with Crippen molar-refractivity contribution in [2.75, 3.05) is 20.3 Å². The van der Waals surface area contributed by atoms with Crippen LogP contribution in [0.4, 0.5) is 4.39 Å². The molecule has 124 valence electrons. The maximum absolute atomic E-state index is 13.0. The first-order valence-electron chi connectivity index (χ1n) is 7.23. The lowest BCUT2D eigenvalue weighted by Crippen LogP contribution is -2.38. The van der Waals surface area contributed by atoms with Gasteiger partial charge in [-0.25, -0.2) is 4.39 Å². The molecule has 0 fully saturated rings. The summed E-state index contributed by atoms with van der Waals surface area (Å²) >= 11 is 5.85. The lowest BCUT2D eigenvalue weighted by atomic mass is 10.2. The molecule has 2 rings (SSSR count). The van der Waals surface area contributed by atoms with Crippen LogP contribution >= 0.6 is 11.6 Å². The van der Waals surface area contributed by atoms with Crippen molar-refractivity contribution in [3.8, 4) is 0 Å². The Bertz CT molecular complexity index is 645. The number of amides is 1. The maximum atomic E-state index is 13.0. The molecule has 5 nitrogen and oxygen atoms in total. The second kappa shape index (κ2) is 8.08. The van der Waals surface area contributed by atoms with Crippen LogP contribution in [-0.2, 0) is 16.1 Å². The van der Waals surface area contributed by atoms with Gasteiger partial charge in [-0.1, -0.05) is 23.7 Å². The quantitative estimate of drug-likeness (QED) is 0.779. The Labute approximate surface area is 139 Å². The molecule has 0 saturated heterocycles. The molecule has 1 heterocycles. The van der Waals surface area contributed by atoms with Crippen LogP contribution in [0.5, 0.6) is 0 Å². The zero-order chi connectivity index (χ0) is 16.8. The van der Waals surface area contributed by atoms with Gasteiger partial charge in [-0.3, -0.25) is 9.48 Å². The molecular formula is C16H19ClFN3O2. The van der Waals surface area contributed by atoms with Crippen molar-refractivity contribution >= 4 is 17.5 Å². The van der Waals surface area contributed by atoms with E-state index >= 15 is 0 Å². The molecule has 0 bridgehead atoms. The Balaban J connectivity index is 2.12.